The zero-order chi connectivity index (χ0) is 20.3. The number of alkyl halides is 3. The Balaban J connectivity index is 2.64. The van der Waals surface area contributed by atoms with E-state index in [-0.39, 0.29) is 0 Å². The van der Waals surface area contributed by atoms with E-state index in [4.69, 9.17) is 16.2 Å². The largest absolute Gasteiger partial charge is 0.496 e. The van der Waals surface area contributed by atoms with Crippen molar-refractivity contribution in [2.75, 3.05) is 7.04 Å². The highest BCUT2D eigenvalue weighted by molar-refractivity contribution is 6.62. The van der Waals surface area contributed by atoms with Crippen LogP contribution in [-0.2, 0) is 15.5 Å². The van der Waals surface area contributed by atoms with Crippen LogP contribution >= 0.6 is 0 Å². The van der Waals surface area contributed by atoms with Crippen molar-refractivity contribution < 1.29 is 34.1 Å². The Labute approximate surface area is 128 Å². The highest BCUT2D eigenvalue weighted by Crippen LogP contribution is 2.38. The average molecular weight is 308 g/mol. The molecule has 0 bridgehead atoms. The zero-order valence-corrected chi connectivity index (χ0v) is 11.9. The molecule has 21 heavy (non-hydrogen) atoms. The highest BCUT2D eigenvalue weighted by atomic mass is 19.4. The minimum absolute atomic E-state index is 0.547. The van der Waals surface area contributed by atoms with Gasteiger partial charge in [-0.1, -0.05) is 0 Å². The summed E-state index contributed by atoms with van der Waals surface area (Å²) in [4.78, 5) is 3.31. The Bertz CT molecular complexity index is 708. The number of aromatic nitrogens is 1. The average Bonchev–Trinajstić information content (AvgIpc) is 2.52. The lowest BCUT2D eigenvalue weighted by Crippen LogP contribution is -2.41. The fourth-order valence-electron chi connectivity index (χ4n) is 1.72. The maximum Gasteiger partial charge on any atom is 0.496 e. The van der Waals surface area contributed by atoms with Gasteiger partial charge >= 0.3 is 13.3 Å². The molecule has 8 heteroatoms. The molecule has 0 spiro atoms. The van der Waals surface area contributed by atoms with E-state index in [0.717, 1.165) is 0 Å². The first-order valence-corrected chi connectivity index (χ1v) is 6.09. The first-order valence-electron chi connectivity index (χ1n) is 8.59. The van der Waals surface area contributed by atoms with Crippen LogP contribution in [0.2, 0.25) is 0 Å². The molecule has 1 aliphatic heterocycles. The SMILES string of the molecule is [2H]c1nc(OC([2H])([2H])[2H])c(C(F)(F)F)c([2H])c1B1OC(C)(C)C(C)(C)O1. The first kappa shape index (κ1) is 10.5. The number of pyridine rings is 1. The molecular formula is C13H17BF3NO3. The third-order valence-corrected chi connectivity index (χ3v) is 3.62. The van der Waals surface area contributed by atoms with E-state index in [2.05, 4.69) is 9.72 Å². The number of ether oxygens (including phenoxy) is 1. The van der Waals surface area contributed by atoms with Gasteiger partial charge in [-0.2, -0.15) is 13.2 Å². The van der Waals surface area contributed by atoms with E-state index in [1.165, 1.54) is 0 Å². The van der Waals surface area contributed by atoms with E-state index in [0.29, 0.717) is 0 Å². The summed E-state index contributed by atoms with van der Waals surface area (Å²) in [5.74, 6) is -1.35. The normalized spacial score (nSPS) is 24.7. The third-order valence-electron chi connectivity index (χ3n) is 3.62. The smallest absolute Gasteiger partial charge is 0.481 e. The Morgan fingerprint density at radius 2 is 1.86 bits per heavy atom. The van der Waals surface area contributed by atoms with Gasteiger partial charge in [-0.25, -0.2) is 4.98 Å². The minimum atomic E-state index is -5.13. The van der Waals surface area contributed by atoms with Crippen molar-refractivity contribution in [3.8, 4) is 5.88 Å². The molecule has 1 fully saturated rings. The standard InChI is InChI=1S/C13H17BF3NO3/c1-11(2)12(3,4)21-14(20-11)8-6-9(13(15,16)17)10(19-5)18-7-8/h6-7H,1-5H3/i5D3,6D,7D. The predicted molar refractivity (Wildman–Crippen MR) is 71.5 cm³/mol. The van der Waals surface area contributed by atoms with Crippen LogP contribution in [0.4, 0.5) is 13.2 Å². The molecule has 1 aromatic rings. The van der Waals surface area contributed by atoms with Crippen LogP contribution in [0.15, 0.2) is 12.2 Å². The topological polar surface area (TPSA) is 40.6 Å². The molecular weight excluding hydrogens is 286 g/mol. The van der Waals surface area contributed by atoms with Crippen LogP contribution in [0.3, 0.4) is 0 Å². The molecule has 0 saturated carbocycles. The van der Waals surface area contributed by atoms with E-state index < -0.39 is 60.7 Å². The van der Waals surface area contributed by atoms with Crippen LogP contribution in [0.25, 0.3) is 0 Å². The van der Waals surface area contributed by atoms with Crippen molar-refractivity contribution in [1.29, 1.82) is 0 Å². The van der Waals surface area contributed by atoms with Crippen molar-refractivity contribution in [3.05, 3.63) is 17.8 Å². The number of nitrogens with zero attached hydrogens (tertiary/aromatic N) is 1. The summed E-state index contributed by atoms with van der Waals surface area (Å²) in [7, 11) is -4.66. The lowest BCUT2D eigenvalue weighted by molar-refractivity contribution is -0.139. The number of rotatable bonds is 2. The minimum Gasteiger partial charge on any atom is -0.481 e. The van der Waals surface area contributed by atoms with E-state index in [1.807, 2.05) is 0 Å². The summed E-state index contributed by atoms with van der Waals surface area (Å²) in [6, 6.07) is -1.17. The first-order chi connectivity index (χ1) is 11.5. The molecule has 1 aliphatic rings. The van der Waals surface area contributed by atoms with Gasteiger partial charge in [0.2, 0.25) is 5.88 Å². The van der Waals surface area contributed by atoms with Crippen LogP contribution in [0.1, 0.15) is 40.1 Å². The molecule has 1 aromatic heterocycles. The molecule has 0 atom stereocenters. The number of halogens is 3. The van der Waals surface area contributed by atoms with Gasteiger partial charge in [0.25, 0.3) is 0 Å². The van der Waals surface area contributed by atoms with Crippen molar-refractivity contribution >= 4 is 12.6 Å². The quantitative estimate of drug-likeness (QED) is 0.787. The fourth-order valence-corrected chi connectivity index (χ4v) is 1.72. The summed E-state index contributed by atoms with van der Waals surface area (Å²) in [5, 5.41) is 0. The third kappa shape index (κ3) is 2.87. The molecule has 2 heterocycles. The van der Waals surface area contributed by atoms with E-state index in [1.54, 1.807) is 27.7 Å². The molecule has 0 radical (unpaired) electrons. The maximum absolute atomic E-state index is 13.4. The summed E-state index contributed by atoms with van der Waals surface area (Å²) in [6.45, 7) is 6.63. The molecule has 2 rings (SSSR count). The summed E-state index contributed by atoms with van der Waals surface area (Å²) in [6.07, 6.45) is -5.92. The van der Waals surface area contributed by atoms with Crippen LogP contribution in [-0.4, -0.2) is 30.3 Å². The van der Waals surface area contributed by atoms with Gasteiger partial charge in [-0.05, 0) is 33.7 Å². The molecule has 0 unspecified atom stereocenters. The van der Waals surface area contributed by atoms with E-state index in [9.17, 15) is 13.2 Å². The number of hydrogen-bond donors (Lipinski definition) is 0. The van der Waals surface area contributed by atoms with Gasteiger partial charge in [-0.3, -0.25) is 0 Å². The van der Waals surface area contributed by atoms with Gasteiger partial charge in [0.1, 0.15) is 5.56 Å². The molecule has 0 aromatic carbocycles. The second-order valence-electron chi connectivity index (χ2n) is 5.63. The summed E-state index contributed by atoms with van der Waals surface area (Å²) in [5.41, 5.74) is -4.07. The second kappa shape index (κ2) is 4.88. The molecule has 1 saturated heterocycles. The lowest BCUT2D eigenvalue weighted by atomic mass is 9.79. The van der Waals surface area contributed by atoms with Crippen molar-refractivity contribution in [1.82, 2.24) is 4.98 Å². The van der Waals surface area contributed by atoms with Gasteiger partial charge in [0, 0.05) is 11.6 Å². The zero-order valence-electron chi connectivity index (χ0n) is 16.9. The Morgan fingerprint density at radius 3 is 2.33 bits per heavy atom. The van der Waals surface area contributed by atoms with Gasteiger partial charge < -0.3 is 14.0 Å². The predicted octanol–water partition coefficient (Wildman–Crippen LogP) is 2.41. The van der Waals surface area contributed by atoms with Gasteiger partial charge in [0.05, 0.1) is 25.1 Å². The molecule has 0 amide bonds. The molecule has 116 valence electrons. The number of methoxy groups -OCH3 is 1. The Kier molecular flexibility index (Phi) is 2.43. The van der Waals surface area contributed by atoms with Crippen molar-refractivity contribution in [2.45, 2.75) is 45.1 Å². The molecule has 0 N–H and O–H groups in total. The summed E-state index contributed by atoms with van der Waals surface area (Å²) < 4.78 is 92.4. The van der Waals surface area contributed by atoms with Crippen molar-refractivity contribution in [2.24, 2.45) is 0 Å². The van der Waals surface area contributed by atoms with Gasteiger partial charge in [0.15, 0.2) is 0 Å². The lowest BCUT2D eigenvalue weighted by Gasteiger charge is -2.32. The van der Waals surface area contributed by atoms with Crippen LogP contribution in [0.5, 0.6) is 5.88 Å². The van der Waals surface area contributed by atoms with E-state index >= 15 is 0 Å². The van der Waals surface area contributed by atoms with Crippen LogP contribution in [0, 0.1) is 0 Å². The van der Waals surface area contributed by atoms with Crippen LogP contribution < -0.4 is 10.2 Å². The highest BCUT2D eigenvalue weighted by Gasteiger charge is 2.52. The monoisotopic (exact) mass is 308 g/mol. The maximum atomic E-state index is 13.4. The van der Waals surface area contributed by atoms with Gasteiger partial charge in [-0.15, -0.1) is 0 Å². The van der Waals surface area contributed by atoms with Crippen molar-refractivity contribution in [3.63, 3.8) is 0 Å². The summed E-state index contributed by atoms with van der Waals surface area (Å²) >= 11 is 0. The Hall–Kier alpha value is -1.28. The number of hydrogen-bond acceptors (Lipinski definition) is 4. The Morgan fingerprint density at radius 1 is 1.29 bits per heavy atom. The fraction of sp³-hybridized carbons (Fsp3) is 0.615. The second-order valence-corrected chi connectivity index (χ2v) is 5.63. The molecule has 4 nitrogen and oxygen atoms in total. The molecule has 0 aliphatic carbocycles.